The van der Waals surface area contributed by atoms with E-state index in [1.165, 1.54) is 6.07 Å². The average Bonchev–Trinajstić information content (AvgIpc) is 2.63. The van der Waals surface area contributed by atoms with Crippen LogP contribution in [0.3, 0.4) is 0 Å². The molecule has 138 valence electrons. The van der Waals surface area contributed by atoms with Gasteiger partial charge in [0.2, 0.25) is 0 Å². The molecule has 0 fully saturated rings. The quantitative estimate of drug-likeness (QED) is 0.427. The van der Waals surface area contributed by atoms with Crippen molar-refractivity contribution in [3.05, 3.63) is 64.0 Å². The normalized spacial score (nSPS) is 11.0. The van der Waals surface area contributed by atoms with Gasteiger partial charge < -0.3 is 9.64 Å². The zero-order chi connectivity index (χ0) is 19.3. The maximum Gasteiger partial charge on any atom is 0.338 e. The van der Waals surface area contributed by atoms with E-state index in [1.807, 2.05) is 39.6 Å². The predicted octanol–water partition coefficient (Wildman–Crippen LogP) is 4.72. The molecule has 0 unspecified atom stereocenters. The molecule has 0 atom stereocenters. The molecule has 0 saturated carbocycles. The summed E-state index contributed by atoms with van der Waals surface area (Å²) >= 11 is 0. The first kappa shape index (κ1) is 19.6. The van der Waals surface area contributed by atoms with Crippen LogP contribution in [-0.2, 0) is 11.3 Å². The Hall–Kier alpha value is -2.69. The molecule has 0 aliphatic heterocycles. The summed E-state index contributed by atoms with van der Waals surface area (Å²) in [5, 5.41) is 0. The van der Waals surface area contributed by atoms with Crippen molar-refractivity contribution in [1.82, 2.24) is 4.90 Å². The molecule has 0 spiro atoms. The Bertz CT molecular complexity index is 831. The van der Waals surface area contributed by atoms with Crippen molar-refractivity contribution in [1.29, 1.82) is 0 Å². The third kappa shape index (κ3) is 4.48. The molecular weight excluding hydrogens is 331 g/mol. The Morgan fingerprint density at radius 3 is 2.58 bits per heavy atom. The van der Waals surface area contributed by atoms with Gasteiger partial charge in [-0.1, -0.05) is 18.2 Å². The fraction of sp³-hybridized carbons (Fsp3) is 0.333. The molecule has 2 rings (SSSR count). The van der Waals surface area contributed by atoms with Crippen LogP contribution in [-0.4, -0.2) is 30.8 Å². The van der Waals surface area contributed by atoms with Crippen molar-refractivity contribution >= 4 is 18.0 Å². The Kier molecular flexibility index (Phi) is 6.50. The first-order valence-corrected chi connectivity index (χ1v) is 8.60. The van der Waals surface area contributed by atoms with Gasteiger partial charge in [-0.15, -0.1) is 0 Å². The lowest BCUT2D eigenvalue weighted by Crippen LogP contribution is -2.14. The zero-order valence-electron chi connectivity index (χ0n) is 16.0. The van der Waals surface area contributed by atoms with E-state index >= 15 is 0 Å². The monoisotopic (exact) mass is 356 g/mol. The minimum Gasteiger partial charge on any atom is -0.457 e. The fourth-order valence-corrected chi connectivity index (χ4v) is 2.55. The highest BCUT2D eigenvalue weighted by Crippen LogP contribution is 2.29. The minimum absolute atomic E-state index is 0.0930. The predicted molar refractivity (Wildman–Crippen MR) is 103 cm³/mol. The van der Waals surface area contributed by atoms with E-state index in [-0.39, 0.29) is 12.4 Å². The standard InChI is InChI=1S/C21H25FN2O2/c1-6-24(5)13-23-20-14(2)11-18(15(3)16(20)4)21(25)26-12-17-9-7-8-10-19(17)22/h7-11,13H,6,12H2,1-5H3. The summed E-state index contributed by atoms with van der Waals surface area (Å²) < 4.78 is 19.0. The molecule has 0 aromatic heterocycles. The van der Waals surface area contributed by atoms with Gasteiger partial charge in [0.05, 0.1) is 17.6 Å². The summed E-state index contributed by atoms with van der Waals surface area (Å²) in [6.45, 7) is 8.54. The highest BCUT2D eigenvalue weighted by atomic mass is 19.1. The van der Waals surface area contributed by atoms with Crippen molar-refractivity contribution < 1.29 is 13.9 Å². The van der Waals surface area contributed by atoms with E-state index < -0.39 is 5.97 Å². The number of ether oxygens (including phenoxy) is 1. The highest BCUT2D eigenvalue weighted by molar-refractivity contribution is 5.93. The van der Waals surface area contributed by atoms with Gasteiger partial charge in [0.15, 0.2) is 0 Å². The number of aliphatic imine (C=N–C) groups is 1. The third-order valence-electron chi connectivity index (χ3n) is 4.48. The van der Waals surface area contributed by atoms with Crippen LogP contribution in [0, 0.1) is 26.6 Å². The van der Waals surface area contributed by atoms with Crippen molar-refractivity contribution in [3.63, 3.8) is 0 Å². The molecule has 2 aromatic carbocycles. The third-order valence-corrected chi connectivity index (χ3v) is 4.48. The van der Waals surface area contributed by atoms with Gasteiger partial charge in [-0.2, -0.15) is 0 Å². The van der Waals surface area contributed by atoms with Crippen LogP contribution in [0.4, 0.5) is 10.1 Å². The Labute approximate surface area is 154 Å². The topological polar surface area (TPSA) is 41.9 Å². The van der Waals surface area contributed by atoms with E-state index in [1.54, 1.807) is 30.6 Å². The largest absolute Gasteiger partial charge is 0.457 e. The van der Waals surface area contributed by atoms with E-state index in [9.17, 15) is 9.18 Å². The molecule has 26 heavy (non-hydrogen) atoms. The van der Waals surface area contributed by atoms with Crippen LogP contribution in [0.25, 0.3) is 0 Å². The van der Waals surface area contributed by atoms with Crippen LogP contribution in [0.5, 0.6) is 0 Å². The Morgan fingerprint density at radius 1 is 1.23 bits per heavy atom. The van der Waals surface area contributed by atoms with E-state index in [0.717, 1.165) is 28.9 Å². The molecule has 5 heteroatoms. The second kappa shape index (κ2) is 8.61. The smallest absolute Gasteiger partial charge is 0.338 e. The second-order valence-electron chi connectivity index (χ2n) is 6.32. The molecule has 0 bridgehead atoms. The number of rotatable bonds is 6. The van der Waals surface area contributed by atoms with Gasteiger partial charge in [0.25, 0.3) is 0 Å². The lowest BCUT2D eigenvalue weighted by molar-refractivity contribution is 0.0468. The average molecular weight is 356 g/mol. The number of halogens is 1. The van der Waals surface area contributed by atoms with Crippen molar-refractivity contribution in [2.45, 2.75) is 34.3 Å². The first-order valence-electron chi connectivity index (χ1n) is 8.60. The maximum absolute atomic E-state index is 13.7. The molecule has 0 N–H and O–H groups in total. The second-order valence-corrected chi connectivity index (χ2v) is 6.32. The summed E-state index contributed by atoms with van der Waals surface area (Å²) in [6, 6.07) is 8.06. The van der Waals surface area contributed by atoms with Gasteiger partial charge in [-0.05, 0) is 56.5 Å². The lowest BCUT2D eigenvalue weighted by atomic mass is 9.97. The number of benzene rings is 2. The molecule has 0 aliphatic carbocycles. The number of esters is 1. The number of hydrogen-bond acceptors (Lipinski definition) is 3. The zero-order valence-corrected chi connectivity index (χ0v) is 16.0. The molecule has 0 saturated heterocycles. The molecule has 2 aromatic rings. The molecule has 0 heterocycles. The summed E-state index contributed by atoms with van der Waals surface area (Å²) in [5.41, 5.74) is 4.35. The molecule has 0 radical (unpaired) electrons. The van der Waals surface area contributed by atoms with E-state index in [2.05, 4.69) is 4.99 Å². The molecule has 0 amide bonds. The molecule has 0 aliphatic rings. The number of aryl methyl sites for hydroxylation is 1. The van der Waals surface area contributed by atoms with Gasteiger partial charge in [-0.3, -0.25) is 0 Å². The van der Waals surface area contributed by atoms with Gasteiger partial charge in [0, 0.05) is 19.2 Å². The van der Waals surface area contributed by atoms with Gasteiger partial charge in [-0.25, -0.2) is 14.2 Å². The summed E-state index contributed by atoms with van der Waals surface area (Å²) in [7, 11) is 1.95. The fourth-order valence-electron chi connectivity index (χ4n) is 2.55. The van der Waals surface area contributed by atoms with Crippen LogP contribution < -0.4 is 0 Å². The van der Waals surface area contributed by atoms with Crippen molar-refractivity contribution in [3.8, 4) is 0 Å². The Morgan fingerprint density at radius 2 is 1.92 bits per heavy atom. The van der Waals surface area contributed by atoms with E-state index in [0.29, 0.717) is 11.1 Å². The number of hydrogen-bond donors (Lipinski definition) is 0. The minimum atomic E-state index is -0.460. The SMILES string of the molecule is CCN(C)C=Nc1c(C)cc(C(=O)OCc2ccccc2F)c(C)c1C. The number of carbonyl (C=O) groups excluding carboxylic acids is 1. The number of carbonyl (C=O) groups is 1. The van der Waals surface area contributed by atoms with Crippen molar-refractivity contribution in [2.24, 2.45) is 4.99 Å². The van der Waals surface area contributed by atoms with E-state index in [4.69, 9.17) is 4.74 Å². The van der Waals surface area contributed by atoms with Crippen LogP contribution in [0.2, 0.25) is 0 Å². The van der Waals surface area contributed by atoms with Crippen LogP contribution in [0.1, 0.15) is 39.5 Å². The van der Waals surface area contributed by atoms with Crippen molar-refractivity contribution in [2.75, 3.05) is 13.6 Å². The molecule has 4 nitrogen and oxygen atoms in total. The summed E-state index contributed by atoms with van der Waals surface area (Å²) in [4.78, 5) is 19.0. The van der Waals surface area contributed by atoms with Gasteiger partial charge >= 0.3 is 5.97 Å². The van der Waals surface area contributed by atoms with Gasteiger partial charge in [0.1, 0.15) is 12.4 Å². The van der Waals surface area contributed by atoms with Crippen LogP contribution >= 0.6 is 0 Å². The number of nitrogens with zero attached hydrogens (tertiary/aromatic N) is 2. The highest BCUT2D eigenvalue weighted by Gasteiger charge is 2.17. The summed E-state index contributed by atoms with van der Waals surface area (Å²) in [6.07, 6.45) is 1.78. The first-order chi connectivity index (χ1) is 12.3. The molecular formula is C21H25FN2O2. The lowest BCUT2D eigenvalue weighted by Gasteiger charge is -2.15. The summed E-state index contributed by atoms with van der Waals surface area (Å²) in [5.74, 6) is -0.840. The Balaban J connectivity index is 2.23. The maximum atomic E-state index is 13.7. The van der Waals surface area contributed by atoms with Crippen LogP contribution in [0.15, 0.2) is 35.3 Å².